The maximum absolute atomic E-state index is 12.0. The number of hydrogen-bond donors (Lipinski definition) is 2. The fourth-order valence-electron chi connectivity index (χ4n) is 2.09. The van der Waals surface area contributed by atoms with Crippen LogP contribution in [0.25, 0.3) is 0 Å². The van der Waals surface area contributed by atoms with Gasteiger partial charge in [0, 0.05) is 24.8 Å². The molecule has 0 saturated carbocycles. The molecule has 1 amide bonds. The number of nitrogens with one attached hydrogen (secondary N) is 2. The van der Waals surface area contributed by atoms with Crippen LogP contribution < -0.4 is 15.4 Å². The van der Waals surface area contributed by atoms with Gasteiger partial charge in [0.15, 0.2) is 0 Å². The second-order valence-corrected chi connectivity index (χ2v) is 5.24. The number of nitrogens with zero attached hydrogens (tertiary/aromatic N) is 1. The molecule has 0 fully saturated rings. The molecule has 1 aromatic heterocycles. The summed E-state index contributed by atoms with van der Waals surface area (Å²) in [6, 6.07) is 11.3. The standard InChI is InChI=1S/C18H23N3O2/c1-3-4-10-20-18(22)15-9-11-19-17(12-15)21-13-14-5-7-16(23-2)8-6-14/h5-9,11-12H,3-4,10,13H2,1-2H3,(H,19,21)(H,20,22). The van der Waals surface area contributed by atoms with Crippen LogP contribution in [0.2, 0.25) is 0 Å². The van der Waals surface area contributed by atoms with E-state index in [1.54, 1.807) is 25.4 Å². The molecule has 0 radical (unpaired) electrons. The molecular weight excluding hydrogens is 290 g/mol. The van der Waals surface area contributed by atoms with E-state index in [4.69, 9.17) is 4.74 Å². The molecule has 0 aliphatic carbocycles. The van der Waals surface area contributed by atoms with Gasteiger partial charge < -0.3 is 15.4 Å². The van der Waals surface area contributed by atoms with E-state index in [2.05, 4.69) is 22.5 Å². The minimum Gasteiger partial charge on any atom is -0.497 e. The molecule has 2 rings (SSSR count). The van der Waals surface area contributed by atoms with E-state index in [0.717, 1.165) is 24.2 Å². The minimum atomic E-state index is -0.0617. The van der Waals surface area contributed by atoms with E-state index in [-0.39, 0.29) is 5.91 Å². The summed E-state index contributed by atoms with van der Waals surface area (Å²) in [6.07, 6.45) is 3.69. The number of rotatable bonds is 8. The van der Waals surface area contributed by atoms with Crippen molar-refractivity contribution in [1.82, 2.24) is 10.3 Å². The zero-order valence-electron chi connectivity index (χ0n) is 13.6. The molecule has 0 atom stereocenters. The number of hydrogen-bond acceptors (Lipinski definition) is 4. The summed E-state index contributed by atoms with van der Waals surface area (Å²) in [5.74, 6) is 1.45. The average molecular weight is 313 g/mol. The smallest absolute Gasteiger partial charge is 0.251 e. The maximum Gasteiger partial charge on any atom is 0.251 e. The Morgan fingerprint density at radius 2 is 2.00 bits per heavy atom. The number of carbonyl (C=O) groups excluding carboxylic acids is 1. The van der Waals surface area contributed by atoms with Crippen LogP contribution in [0, 0.1) is 0 Å². The summed E-state index contributed by atoms with van der Waals surface area (Å²) < 4.78 is 5.14. The van der Waals surface area contributed by atoms with Gasteiger partial charge in [-0.05, 0) is 36.2 Å². The lowest BCUT2D eigenvalue weighted by Crippen LogP contribution is -2.24. The predicted molar refractivity (Wildman–Crippen MR) is 91.8 cm³/mol. The third-order valence-electron chi connectivity index (χ3n) is 3.47. The Bertz CT molecular complexity index is 626. The molecule has 0 saturated heterocycles. The Morgan fingerprint density at radius 3 is 2.70 bits per heavy atom. The van der Waals surface area contributed by atoms with E-state index < -0.39 is 0 Å². The van der Waals surface area contributed by atoms with Crippen LogP contribution in [0.15, 0.2) is 42.6 Å². The topological polar surface area (TPSA) is 63.2 Å². The summed E-state index contributed by atoms with van der Waals surface area (Å²) in [5.41, 5.74) is 1.73. The number of methoxy groups -OCH3 is 1. The first-order valence-electron chi connectivity index (χ1n) is 7.84. The second kappa shape index (κ2) is 8.78. The van der Waals surface area contributed by atoms with Gasteiger partial charge in [-0.15, -0.1) is 0 Å². The van der Waals surface area contributed by atoms with Gasteiger partial charge >= 0.3 is 0 Å². The van der Waals surface area contributed by atoms with E-state index in [1.807, 2.05) is 24.3 Å². The van der Waals surface area contributed by atoms with E-state index in [1.165, 1.54) is 0 Å². The first-order chi connectivity index (χ1) is 11.2. The Hall–Kier alpha value is -2.56. The highest BCUT2D eigenvalue weighted by Gasteiger charge is 2.06. The molecular formula is C18H23N3O2. The molecule has 0 bridgehead atoms. The maximum atomic E-state index is 12.0. The number of aromatic nitrogens is 1. The van der Waals surface area contributed by atoms with Crippen LogP contribution in [-0.2, 0) is 6.54 Å². The number of anilines is 1. The summed E-state index contributed by atoms with van der Waals surface area (Å²) in [4.78, 5) is 16.3. The van der Waals surface area contributed by atoms with Crippen molar-refractivity contribution in [3.05, 3.63) is 53.7 Å². The number of benzene rings is 1. The summed E-state index contributed by atoms with van der Waals surface area (Å²) >= 11 is 0. The molecule has 0 unspecified atom stereocenters. The number of ether oxygens (including phenoxy) is 1. The van der Waals surface area contributed by atoms with Gasteiger partial charge in [0.25, 0.3) is 5.91 Å². The Kier molecular flexibility index (Phi) is 6.41. The van der Waals surface area contributed by atoms with Gasteiger partial charge in [-0.3, -0.25) is 4.79 Å². The molecule has 23 heavy (non-hydrogen) atoms. The Morgan fingerprint density at radius 1 is 1.22 bits per heavy atom. The first kappa shape index (κ1) is 16.8. The fourth-order valence-corrected chi connectivity index (χ4v) is 2.09. The lowest BCUT2D eigenvalue weighted by Gasteiger charge is -2.09. The lowest BCUT2D eigenvalue weighted by atomic mass is 10.2. The predicted octanol–water partition coefficient (Wildman–Crippen LogP) is 3.23. The third kappa shape index (κ3) is 5.29. The number of amides is 1. The van der Waals surface area contributed by atoms with Crippen LogP contribution in [0.3, 0.4) is 0 Å². The lowest BCUT2D eigenvalue weighted by molar-refractivity contribution is 0.0953. The van der Waals surface area contributed by atoms with Crippen LogP contribution >= 0.6 is 0 Å². The number of pyridine rings is 1. The van der Waals surface area contributed by atoms with E-state index >= 15 is 0 Å². The largest absolute Gasteiger partial charge is 0.497 e. The van der Waals surface area contributed by atoms with Crippen molar-refractivity contribution in [3.8, 4) is 5.75 Å². The Balaban J connectivity index is 1.92. The van der Waals surface area contributed by atoms with E-state index in [0.29, 0.717) is 24.5 Å². The van der Waals surface area contributed by atoms with Crippen LogP contribution in [0.1, 0.15) is 35.7 Å². The van der Waals surface area contributed by atoms with Crippen molar-refractivity contribution in [2.75, 3.05) is 19.0 Å². The third-order valence-corrected chi connectivity index (χ3v) is 3.47. The SMILES string of the molecule is CCCCNC(=O)c1ccnc(NCc2ccc(OC)cc2)c1. The Labute approximate surface area is 137 Å². The number of carbonyl (C=O) groups is 1. The normalized spacial score (nSPS) is 10.2. The highest BCUT2D eigenvalue weighted by Crippen LogP contribution is 2.13. The van der Waals surface area contributed by atoms with Gasteiger partial charge in [0.1, 0.15) is 11.6 Å². The zero-order chi connectivity index (χ0) is 16.5. The highest BCUT2D eigenvalue weighted by molar-refractivity contribution is 5.94. The molecule has 5 heteroatoms. The van der Waals surface area contributed by atoms with Gasteiger partial charge in [-0.1, -0.05) is 25.5 Å². The minimum absolute atomic E-state index is 0.0617. The van der Waals surface area contributed by atoms with Crippen LogP contribution in [0.4, 0.5) is 5.82 Å². The molecule has 0 aliphatic heterocycles. The van der Waals surface area contributed by atoms with Crippen molar-refractivity contribution in [2.45, 2.75) is 26.3 Å². The van der Waals surface area contributed by atoms with Crippen LogP contribution in [0.5, 0.6) is 5.75 Å². The molecule has 2 N–H and O–H groups in total. The summed E-state index contributed by atoms with van der Waals surface area (Å²) in [7, 11) is 1.65. The quantitative estimate of drug-likeness (QED) is 0.734. The van der Waals surface area contributed by atoms with Gasteiger partial charge in [-0.25, -0.2) is 4.98 Å². The molecule has 1 aromatic carbocycles. The molecule has 0 aliphatic rings. The molecule has 5 nitrogen and oxygen atoms in total. The van der Waals surface area contributed by atoms with Crippen molar-refractivity contribution < 1.29 is 9.53 Å². The molecule has 122 valence electrons. The molecule has 1 heterocycles. The first-order valence-corrected chi connectivity index (χ1v) is 7.84. The summed E-state index contributed by atoms with van der Waals surface area (Å²) in [5, 5.41) is 6.13. The average Bonchev–Trinajstić information content (AvgIpc) is 2.61. The van der Waals surface area contributed by atoms with Gasteiger partial charge in [0.05, 0.1) is 7.11 Å². The molecule has 0 spiro atoms. The summed E-state index contributed by atoms with van der Waals surface area (Å²) in [6.45, 7) is 3.43. The van der Waals surface area contributed by atoms with Crippen molar-refractivity contribution in [3.63, 3.8) is 0 Å². The molecule has 2 aromatic rings. The van der Waals surface area contributed by atoms with Crippen molar-refractivity contribution in [2.24, 2.45) is 0 Å². The van der Waals surface area contributed by atoms with Crippen molar-refractivity contribution >= 4 is 11.7 Å². The van der Waals surface area contributed by atoms with Gasteiger partial charge in [0.2, 0.25) is 0 Å². The highest BCUT2D eigenvalue weighted by atomic mass is 16.5. The number of unbranched alkanes of at least 4 members (excludes halogenated alkanes) is 1. The van der Waals surface area contributed by atoms with Crippen molar-refractivity contribution in [1.29, 1.82) is 0 Å². The van der Waals surface area contributed by atoms with Crippen LogP contribution in [-0.4, -0.2) is 24.5 Å². The monoisotopic (exact) mass is 313 g/mol. The fraction of sp³-hybridized carbons (Fsp3) is 0.333. The second-order valence-electron chi connectivity index (χ2n) is 5.24. The van der Waals surface area contributed by atoms with E-state index in [9.17, 15) is 4.79 Å². The van der Waals surface area contributed by atoms with Gasteiger partial charge in [-0.2, -0.15) is 0 Å². The zero-order valence-corrected chi connectivity index (χ0v) is 13.6.